The van der Waals surface area contributed by atoms with Crippen molar-refractivity contribution in [2.24, 2.45) is 0 Å². The van der Waals surface area contributed by atoms with Crippen molar-refractivity contribution >= 4 is 46.2 Å². The lowest BCUT2D eigenvalue weighted by molar-refractivity contribution is -0.364. The molecule has 1 aliphatic rings. The molecule has 0 saturated heterocycles. The number of anilines is 1. The van der Waals surface area contributed by atoms with Crippen LogP contribution in [-0.4, -0.2) is 0 Å². The number of nitrogen functional groups attached to an aromatic ring is 1. The molecule has 1 aliphatic carbocycles. The lowest BCUT2D eigenvalue weighted by atomic mass is 9.95. The third-order valence-electron chi connectivity index (χ3n) is 5.65. The highest BCUT2D eigenvalue weighted by molar-refractivity contribution is 6.35. The van der Waals surface area contributed by atoms with Crippen LogP contribution >= 0.6 is 23.2 Å². The summed E-state index contributed by atoms with van der Waals surface area (Å²) >= 11 is 12.1. The van der Waals surface area contributed by atoms with Crippen molar-refractivity contribution in [3.63, 3.8) is 0 Å². The molecule has 7 heteroatoms. The monoisotopic (exact) mass is 473 g/mol. The smallest absolute Gasteiger partial charge is 0.289 e. The van der Waals surface area contributed by atoms with Crippen LogP contribution in [0.25, 0.3) is 17.2 Å². The zero-order chi connectivity index (χ0) is 23.7. The zero-order valence-electron chi connectivity index (χ0n) is 18.0. The first-order chi connectivity index (χ1) is 15.8. The number of nitrogens with zero attached hydrogens (tertiary/aromatic N) is 2. The minimum atomic E-state index is 0.262. The van der Waals surface area contributed by atoms with E-state index in [9.17, 15) is 10.5 Å². The maximum absolute atomic E-state index is 9.71. The number of nitrogens with two attached hydrogens (primary N) is 1. The van der Waals surface area contributed by atoms with Gasteiger partial charge >= 0.3 is 0 Å². The Morgan fingerprint density at radius 3 is 2.42 bits per heavy atom. The molecular formula is C26H19Cl2N4O+. The number of halogens is 2. The van der Waals surface area contributed by atoms with Crippen LogP contribution in [0.5, 0.6) is 5.75 Å². The van der Waals surface area contributed by atoms with Gasteiger partial charge in [0.15, 0.2) is 5.69 Å². The van der Waals surface area contributed by atoms with E-state index >= 15 is 0 Å². The number of nitriles is 2. The van der Waals surface area contributed by atoms with E-state index in [-0.39, 0.29) is 5.82 Å². The van der Waals surface area contributed by atoms with Crippen molar-refractivity contribution in [1.82, 2.24) is 0 Å². The van der Waals surface area contributed by atoms with E-state index in [1.807, 2.05) is 50.3 Å². The second-order valence-electron chi connectivity index (χ2n) is 7.66. The van der Waals surface area contributed by atoms with Gasteiger partial charge in [-0.3, -0.25) is 5.73 Å². The van der Waals surface area contributed by atoms with Crippen molar-refractivity contribution in [1.29, 1.82) is 10.5 Å². The minimum Gasteiger partial charge on any atom is -0.489 e. The highest BCUT2D eigenvalue weighted by Crippen LogP contribution is 2.42. The second kappa shape index (κ2) is 9.00. The SMILES string of the molecule is CC1=C(C#N)c2[nH+]c(N)c(C#N)c(C)c2C1=Cc1ccc(OCc2ccc(Cl)cc2Cl)cc1. The van der Waals surface area contributed by atoms with Crippen molar-refractivity contribution in [2.75, 3.05) is 5.73 Å². The van der Waals surface area contributed by atoms with Crippen molar-refractivity contribution in [3.05, 3.63) is 91.6 Å². The Morgan fingerprint density at radius 2 is 1.79 bits per heavy atom. The zero-order valence-corrected chi connectivity index (χ0v) is 19.5. The Kier molecular flexibility index (Phi) is 6.11. The molecule has 2 aromatic carbocycles. The number of ether oxygens (including phenoxy) is 1. The number of aromatic nitrogens is 1. The van der Waals surface area contributed by atoms with Crippen molar-refractivity contribution in [2.45, 2.75) is 20.5 Å². The number of rotatable bonds is 4. The van der Waals surface area contributed by atoms with Crippen molar-refractivity contribution < 1.29 is 9.72 Å². The van der Waals surface area contributed by atoms with Gasteiger partial charge in [0.1, 0.15) is 35.6 Å². The fraction of sp³-hybridized carbons (Fsp3) is 0.115. The second-order valence-corrected chi connectivity index (χ2v) is 8.51. The Morgan fingerprint density at radius 1 is 1.06 bits per heavy atom. The van der Waals surface area contributed by atoms with E-state index in [0.29, 0.717) is 39.2 Å². The lowest BCUT2D eigenvalue weighted by Gasteiger charge is -2.10. The normalized spacial score (nSPS) is 13.6. The summed E-state index contributed by atoms with van der Waals surface area (Å²) in [4.78, 5) is 3.04. The van der Waals surface area contributed by atoms with Crippen LogP contribution in [0.15, 0.2) is 48.0 Å². The van der Waals surface area contributed by atoms with E-state index in [4.69, 9.17) is 33.7 Å². The van der Waals surface area contributed by atoms with Gasteiger partial charge in [-0.1, -0.05) is 41.4 Å². The number of pyridine rings is 1. The summed E-state index contributed by atoms with van der Waals surface area (Å²) in [6.45, 7) is 4.07. The van der Waals surface area contributed by atoms with Gasteiger partial charge in [-0.25, -0.2) is 4.98 Å². The summed E-state index contributed by atoms with van der Waals surface area (Å²) in [5, 5.41) is 20.4. The number of allylic oxidation sites excluding steroid dienone is 3. The molecule has 0 unspecified atom stereocenters. The number of aromatic amines is 1. The number of hydrogen-bond acceptors (Lipinski definition) is 4. The molecule has 1 heterocycles. The number of benzene rings is 2. The Balaban J connectivity index is 1.64. The van der Waals surface area contributed by atoms with E-state index in [0.717, 1.165) is 33.4 Å². The molecule has 0 amide bonds. The Bertz CT molecular complexity index is 1420. The van der Waals surface area contributed by atoms with Crippen LogP contribution in [0.1, 0.15) is 40.4 Å². The molecule has 3 N–H and O–H groups in total. The molecule has 0 saturated carbocycles. The van der Waals surface area contributed by atoms with Gasteiger partial charge in [-0.2, -0.15) is 10.5 Å². The molecule has 0 spiro atoms. The molecular weight excluding hydrogens is 455 g/mol. The molecule has 1 aromatic heterocycles. The number of nitrogens with one attached hydrogen (secondary N) is 1. The van der Waals surface area contributed by atoms with E-state index < -0.39 is 0 Å². The van der Waals surface area contributed by atoms with E-state index in [2.05, 4.69) is 17.1 Å². The first-order valence-corrected chi connectivity index (χ1v) is 10.9. The molecule has 0 aliphatic heterocycles. The molecule has 0 radical (unpaired) electrons. The lowest BCUT2D eigenvalue weighted by Crippen LogP contribution is -2.20. The molecule has 162 valence electrons. The van der Waals surface area contributed by atoms with Crippen LogP contribution in [0.2, 0.25) is 10.0 Å². The molecule has 0 atom stereocenters. The number of hydrogen-bond donors (Lipinski definition) is 1. The van der Waals surface area contributed by atoms with Crippen LogP contribution in [0.3, 0.4) is 0 Å². The summed E-state index contributed by atoms with van der Waals surface area (Å²) < 4.78 is 5.86. The minimum absolute atomic E-state index is 0.262. The summed E-state index contributed by atoms with van der Waals surface area (Å²) in [6, 6.07) is 17.3. The summed E-state index contributed by atoms with van der Waals surface area (Å²) in [5.74, 6) is 0.960. The molecule has 33 heavy (non-hydrogen) atoms. The third kappa shape index (κ3) is 4.17. The first-order valence-electron chi connectivity index (χ1n) is 10.1. The van der Waals surface area contributed by atoms with Crippen LogP contribution < -0.4 is 15.5 Å². The van der Waals surface area contributed by atoms with Gasteiger partial charge in [0.2, 0.25) is 0 Å². The van der Waals surface area contributed by atoms with Crippen LogP contribution in [0, 0.1) is 29.6 Å². The molecule has 0 bridgehead atoms. The Labute approximate surface area is 202 Å². The maximum atomic E-state index is 9.71. The van der Waals surface area contributed by atoms with Gasteiger partial charge in [0.25, 0.3) is 5.82 Å². The largest absolute Gasteiger partial charge is 0.489 e. The van der Waals surface area contributed by atoms with Gasteiger partial charge in [-0.15, -0.1) is 0 Å². The predicted octanol–water partition coefficient (Wildman–Crippen LogP) is 6.00. The third-order valence-corrected chi connectivity index (χ3v) is 6.24. The fourth-order valence-corrected chi connectivity index (χ4v) is 4.36. The van der Waals surface area contributed by atoms with Crippen molar-refractivity contribution in [3.8, 4) is 17.9 Å². The van der Waals surface area contributed by atoms with Gasteiger partial charge < -0.3 is 4.74 Å². The topological polar surface area (TPSA) is 97.0 Å². The molecule has 0 fully saturated rings. The van der Waals surface area contributed by atoms with Gasteiger partial charge in [0.05, 0.1) is 0 Å². The fourth-order valence-electron chi connectivity index (χ4n) is 3.90. The maximum Gasteiger partial charge on any atom is 0.289 e. The quantitative estimate of drug-likeness (QED) is 0.502. The molecule has 4 rings (SSSR count). The molecule has 5 nitrogen and oxygen atoms in total. The average molecular weight is 474 g/mol. The highest BCUT2D eigenvalue weighted by atomic mass is 35.5. The van der Waals surface area contributed by atoms with E-state index in [1.54, 1.807) is 12.1 Å². The summed E-state index contributed by atoms with van der Waals surface area (Å²) in [5.41, 5.74) is 12.6. The predicted molar refractivity (Wildman–Crippen MR) is 130 cm³/mol. The summed E-state index contributed by atoms with van der Waals surface area (Å²) in [6.07, 6.45) is 2.00. The number of H-pyrrole nitrogens is 1. The Hall–Kier alpha value is -3.77. The van der Waals surface area contributed by atoms with Gasteiger partial charge in [-0.05, 0) is 66.5 Å². The highest BCUT2D eigenvalue weighted by Gasteiger charge is 2.32. The van der Waals surface area contributed by atoms with E-state index in [1.165, 1.54) is 0 Å². The first kappa shape index (κ1) is 22.4. The van der Waals surface area contributed by atoms with Crippen LogP contribution in [0.4, 0.5) is 5.82 Å². The average Bonchev–Trinajstić information content (AvgIpc) is 3.05. The van der Waals surface area contributed by atoms with Gasteiger partial charge in [0, 0.05) is 21.2 Å². The number of fused-ring (bicyclic) bond motifs is 1. The summed E-state index contributed by atoms with van der Waals surface area (Å²) in [7, 11) is 0. The standard InChI is InChI=1S/C26H18Cl2N4O/c1-14-20(24-15(2)22(12-30)26(31)32-25(24)21(14)11-29)9-16-3-7-19(8-4-16)33-13-17-5-6-18(27)10-23(17)28/h3-10H,13H2,1-2H3,(H2,31,32)/p+1. The van der Waals surface area contributed by atoms with Crippen LogP contribution in [-0.2, 0) is 6.61 Å². The molecule has 3 aromatic rings.